The molecule has 0 saturated heterocycles. The molecule has 130 valence electrons. The van der Waals surface area contributed by atoms with E-state index in [1.807, 2.05) is 18.2 Å². The number of ether oxygens (including phenoxy) is 2. The molecule has 1 N–H and O–H groups in total. The van der Waals surface area contributed by atoms with Crippen molar-refractivity contribution in [3.63, 3.8) is 0 Å². The van der Waals surface area contributed by atoms with Crippen LogP contribution in [0, 0.1) is 13.8 Å². The van der Waals surface area contributed by atoms with Gasteiger partial charge in [-0.05, 0) is 57.4 Å². The van der Waals surface area contributed by atoms with Crippen molar-refractivity contribution in [2.24, 2.45) is 0 Å². The van der Waals surface area contributed by atoms with Crippen LogP contribution in [0.3, 0.4) is 0 Å². The first-order valence-electron chi connectivity index (χ1n) is 8.73. The number of anilines is 1. The van der Waals surface area contributed by atoms with Gasteiger partial charge >= 0.3 is 0 Å². The molecule has 2 rings (SSSR count). The molecule has 0 amide bonds. The average molecular weight is 327 g/mol. The van der Waals surface area contributed by atoms with Crippen LogP contribution in [0.2, 0.25) is 0 Å². The molecule has 0 saturated carbocycles. The van der Waals surface area contributed by atoms with Gasteiger partial charge in [-0.3, -0.25) is 0 Å². The molecule has 0 spiro atoms. The Morgan fingerprint density at radius 1 is 0.917 bits per heavy atom. The molecule has 0 aliphatic rings. The summed E-state index contributed by atoms with van der Waals surface area (Å²) in [5, 5.41) is 3.43. The average Bonchev–Trinajstić information content (AvgIpc) is 2.56. The highest BCUT2D eigenvalue weighted by atomic mass is 16.5. The largest absolute Gasteiger partial charge is 0.491 e. The smallest absolute Gasteiger partial charge is 0.125 e. The maximum Gasteiger partial charge on any atom is 0.125 e. The highest BCUT2D eigenvalue weighted by Gasteiger charge is 2.09. The predicted molar refractivity (Wildman–Crippen MR) is 101 cm³/mol. The molecule has 2 atom stereocenters. The molecule has 2 aromatic carbocycles. The third-order valence-corrected chi connectivity index (χ3v) is 4.07. The minimum Gasteiger partial charge on any atom is -0.491 e. The highest BCUT2D eigenvalue weighted by Crippen LogP contribution is 2.24. The van der Waals surface area contributed by atoms with E-state index in [0.29, 0.717) is 0 Å². The van der Waals surface area contributed by atoms with Crippen molar-refractivity contribution in [1.82, 2.24) is 0 Å². The van der Waals surface area contributed by atoms with Gasteiger partial charge in [-0.1, -0.05) is 31.2 Å². The number of para-hydroxylation sites is 1. The summed E-state index contributed by atoms with van der Waals surface area (Å²) in [6.07, 6.45) is 1.30. The van der Waals surface area contributed by atoms with Crippen LogP contribution < -0.4 is 14.8 Å². The second-order valence-corrected chi connectivity index (χ2v) is 6.39. The van der Waals surface area contributed by atoms with E-state index < -0.39 is 0 Å². The number of hydrogen-bond acceptors (Lipinski definition) is 3. The quantitative estimate of drug-likeness (QED) is 0.708. The molecule has 0 heterocycles. The summed E-state index contributed by atoms with van der Waals surface area (Å²) in [7, 11) is 0. The van der Waals surface area contributed by atoms with Gasteiger partial charge in [-0.25, -0.2) is 0 Å². The van der Waals surface area contributed by atoms with E-state index in [2.05, 4.69) is 64.2 Å². The molecular weight excluding hydrogens is 298 g/mol. The third kappa shape index (κ3) is 5.19. The molecule has 3 nitrogen and oxygen atoms in total. The van der Waals surface area contributed by atoms with E-state index in [4.69, 9.17) is 9.47 Å². The molecule has 2 unspecified atom stereocenters. The van der Waals surface area contributed by atoms with Crippen LogP contribution in [0.15, 0.2) is 42.5 Å². The van der Waals surface area contributed by atoms with E-state index in [1.165, 1.54) is 11.1 Å². The number of nitrogens with one attached hydrogen (secondary N) is 1. The van der Waals surface area contributed by atoms with Crippen LogP contribution in [-0.4, -0.2) is 18.8 Å². The minimum atomic E-state index is 0.0731. The fraction of sp³-hybridized carbons (Fsp3) is 0.429. The van der Waals surface area contributed by atoms with E-state index >= 15 is 0 Å². The van der Waals surface area contributed by atoms with Gasteiger partial charge in [0, 0.05) is 11.8 Å². The molecule has 24 heavy (non-hydrogen) atoms. The summed E-state index contributed by atoms with van der Waals surface area (Å²) in [6, 6.07) is 14.3. The van der Waals surface area contributed by atoms with Crippen LogP contribution >= 0.6 is 0 Å². The van der Waals surface area contributed by atoms with Gasteiger partial charge in [-0.15, -0.1) is 0 Å². The lowest BCUT2D eigenvalue weighted by Gasteiger charge is -2.19. The first-order valence-corrected chi connectivity index (χ1v) is 8.73. The molecule has 0 aliphatic heterocycles. The minimum absolute atomic E-state index is 0.0731. The van der Waals surface area contributed by atoms with E-state index in [-0.39, 0.29) is 12.2 Å². The predicted octanol–water partition coefficient (Wildman–Crippen LogP) is 5.36. The van der Waals surface area contributed by atoms with Crippen molar-refractivity contribution < 1.29 is 9.47 Å². The van der Waals surface area contributed by atoms with Crippen molar-refractivity contribution in [3.05, 3.63) is 53.6 Å². The number of aryl methyl sites for hydroxylation is 2. The lowest BCUT2D eigenvalue weighted by atomic mass is 10.1. The summed E-state index contributed by atoms with van der Waals surface area (Å²) in [5.74, 6) is 1.89. The molecule has 0 aliphatic carbocycles. The van der Waals surface area contributed by atoms with Crippen molar-refractivity contribution in [2.45, 2.75) is 53.2 Å². The van der Waals surface area contributed by atoms with Crippen LogP contribution in [0.25, 0.3) is 0 Å². The van der Waals surface area contributed by atoms with Gasteiger partial charge in [0.15, 0.2) is 0 Å². The van der Waals surface area contributed by atoms with Crippen molar-refractivity contribution in [1.29, 1.82) is 0 Å². The second kappa shape index (κ2) is 8.62. The van der Waals surface area contributed by atoms with Gasteiger partial charge in [0.25, 0.3) is 0 Å². The Kier molecular flexibility index (Phi) is 6.53. The lowest BCUT2D eigenvalue weighted by molar-refractivity contribution is 0.217. The van der Waals surface area contributed by atoms with E-state index in [1.54, 1.807) is 0 Å². The van der Waals surface area contributed by atoms with Crippen molar-refractivity contribution in [2.75, 3.05) is 11.9 Å². The van der Waals surface area contributed by atoms with Gasteiger partial charge in [0.2, 0.25) is 0 Å². The molecule has 0 fully saturated rings. The number of hydrogen-bond donors (Lipinski definition) is 1. The fourth-order valence-corrected chi connectivity index (χ4v) is 2.48. The first-order chi connectivity index (χ1) is 11.5. The van der Waals surface area contributed by atoms with Gasteiger partial charge < -0.3 is 14.8 Å². The summed E-state index contributed by atoms with van der Waals surface area (Å²) >= 11 is 0. The lowest BCUT2D eigenvalue weighted by Crippen LogP contribution is -2.23. The van der Waals surface area contributed by atoms with Crippen molar-refractivity contribution >= 4 is 5.69 Å². The summed E-state index contributed by atoms with van der Waals surface area (Å²) < 4.78 is 12.0. The van der Waals surface area contributed by atoms with Crippen LogP contribution in [-0.2, 0) is 0 Å². The fourth-order valence-electron chi connectivity index (χ4n) is 2.48. The second-order valence-electron chi connectivity index (χ2n) is 6.39. The maximum absolute atomic E-state index is 6.12. The summed E-state index contributed by atoms with van der Waals surface area (Å²) in [6.45, 7) is 11.2. The zero-order chi connectivity index (χ0) is 17.5. The normalized spacial score (nSPS) is 13.2. The molecule has 0 bridgehead atoms. The standard InChI is InChI=1S/C21H29NO2/c1-6-17(4)23-20-12-8-11-19(13-20)22-14-18(5)24-21-15(2)9-7-10-16(21)3/h7-13,17-18,22H,6,14H2,1-5H3. The molecule has 3 heteroatoms. The summed E-state index contributed by atoms with van der Waals surface area (Å²) in [5.41, 5.74) is 3.39. The zero-order valence-electron chi connectivity index (χ0n) is 15.4. The Morgan fingerprint density at radius 2 is 1.58 bits per heavy atom. The monoisotopic (exact) mass is 327 g/mol. The Labute approximate surface area is 146 Å². The third-order valence-electron chi connectivity index (χ3n) is 4.07. The zero-order valence-corrected chi connectivity index (χ0v) is 15.4. The first kappa shape index (κ1) is 18.2. The molecule has 0 aromatic heterocycles. The number of rotatable bonds is 8. The van der Waals surface area contributed by atoms with E-state index in [0.717, 1.165) is 30.2 Å². The maximum atomic E-state index is 6.12. The highest BCUT2D eigenvalue weighted by molar-refractivity contribution is 5.48. The van der Waals surface area contributed by atoms with Gasteiger partial charge in [-0.2, -0.15) is 0 Å². The van der Waals surface area contributed by atoms with Crippen LogP contribution in [0.4, 0.5) is 5.69 Å². The Hall–Kier alpha value is -2.16. The van der Waals surface area contributed by atoms with Gasteiger partial charge in [0.05, 0.1) is 12.6 Å². The van der Waals surface area contributed by atoms with Gasteiger partial charge in [0.1, 0.15) is 17.6 Å². The Bertz CT molecular complexity index is 634. The Balaban J connectivity index is 1.92. The van der Waals surface area contributed by atoms with Crippen LogP contribution in [0.5, 0.6) is 11.5 Å². The van der Waals surface area contributed by atoms with E-state index in [9.17, 15) is 0 Å². The van der Waals surface area contributed by atoms with Crippen molar-refractivity contribution in [3.8, 4) is 11.5 Å². The molecular formula is C21H29NO2. The number of benzene rings is 2. The summed E-state index contributed by atoms with van der Waals surface area (Å²) in [4.78, 5) is 0. The molecule has 2 aromatic rings. The molecule has 0 radical (unpaired) electrons. The van der Waals surface area contributed by atoms with Crippen LogP contribution in [0.1, 0.15) is 38.3 Å². The topological polar surface area (TPSA) is 30.5 Å². The SMILES string of the molecule is CCC(C)Oc1cccc(NCC(C)Oc2c(C)cccc2C)c1. The Morgan fingerprint density at radius 3 is 2.25 bits per heavy atom.